The molecule has 0 aliphatic carbocycles. The minimum absolute atomic E-state index is 0.0931. The quantitative estimate of drug-likeness (QED) is 0.789. The molecule has 1 saturated heterocycles. The maximum atomic E-state index is 10.1. The van der Waals surface area contributed by atoms with Gasteiger partial charge in [-0.2, -0.15) is 0 Å². The van der Waals surface area contributed by atoms with E-state index in [2.05, 4.69) is 9.97 Å². The Labute approximate surface area is 88.1 Å². The van der Waals surface area contributed by atoms with E-state index in [1.807, 2.05) is 0 Å². The van der Waals surface area contributed by atoms with E-state index in [1.165, 1.54) is 7.11 Å². The highest BCUT2D eigenvalue weighted by Crippen LogP contribution is 2.30. The van der Waals surface area contributed by atoms with Gasteiger partial charge in [-0.1, -0.05) is 0 Å². The molecule has 0 radical (unpaired) electrons. The Hall–Kier alpha value is -1.20. The molecule has 82 valence electrons. The number of methoxy groups -OCH3 is 1. The Morgan fingerprint density at radius 1 is 1.53 bits per heavy atom. The summed E-state index contributed by atoms with van der Waals surface area (Å²) in [5.74, 6) is 0.479. The second kappa shape index (κ2) is 4.55. The number of aliphatic hydroxyl groups excluding tert-OH is 1. The van der Waals surface area contributed by atoms with Gasteiger partial charge in [0.15, 0.2) is 0 Å². The second-order valence-electron chi connectivity index (χ2n) is 3.52. The molecule has 1 N–H and O–H groups in total. The fourth-order valence-corrected chi connectivity index (χ4v) is 1.72. The van der Waals surface area contributed by atoms with Crippen LogP contribution in [0.15, 0.2) is 12.4 Å². The summed E-state index contributed by atoms with van der Waals surface area (Å²) in [6, 6.07) is 0. The maximum Gasteiger partial charge on any atom is 0.238 e. The third kappa shape index (κ3) is 2.08. The molecule has 0 aromatic carbocycles. The van der Waals surface area contributed by atoms with Crippen LogP contribution in [0.1, 0.15) is 18.2 Å². The molecule has 2 atom stereocenters. The van der Waals surface area contributed by atoms with E-state index in [9.17, 15) is 5.11 Å². The van der Waals surface area contributed by atoms with Gasteiger partial charge in [-0.05, 0) is 6.42 Å². The first-order valence-electron chi connectivity index (χ1n) is 4.93. The SMILES string of the molecule is COc1nccnc1C(O)C1CCOC1. The lowest BCUT2D eigenvalue weighted by molar-refractivity contribution is 0.0855. The van der Waals surface area contributed by atoms with E-state index in [0.717, 1.165) is 6.42 Å². The van der Waals surface area contributed by atoms with Crippen LogP contribution in [-0.4, -0.2) is 35.4 Å². The molecule has 0 saturated carbocycles. The number of rotatable bonds is 3. The second-order valence-corrected chi connectivity index (χ2v) is 3.52. The van der Waals surface area contributed by atoms with Crippen molar-refractivity contribution in [3.63, 3.8) is 0 Å². The molecule has 15 heavy (non-hydrogen) atoms. The van der Waals surface area contributed by atoms with Gasteiger partial charge in [0.05, 0.1) is 13.7 Å². The van der Waals surface area contributed by atoms with Gasteiger partial charge in [0.2, 0.25) is 5.88 Å². The lowest BCUT2D eigenvalue weighted by Crippen LogP contribution is -2.15. The highest BCUT2D eigenvalue weighted by molar-refractivity contribution is 5.20. The van der Waals surface area contributed by atoms with Gasteiger partial charge in [-0.15, -0.1) is 0 Å². The summed E-state index contributed by atoms with van der Waals surface area (Å²) in [7, 11) is 1.52. The van der Waals surface area contributed by atoms with Crippen LogP contribution in [0.2, 0.25) is 0 Å². The summed E-state index contributed by atoms with van der Waals surface area (Å²) >= 11 is 0. The van der Waals surface area contributed by atoms with Crippen LogP contribution < -0.4 is 4.74 Å². The van der Waals surface area contributed by atoms with Crippen molar-refractivity contribution in [1.29, 1.82) is 0 Å². The van der Waals surface area contributed by atoms with E-state index in [1.54, 1.807) is 12.4 Å². The number of hydrogen-bond acceptors (Lipinski definition) is 5. The van der Waals surface area contributed by atoms with Gasteiger partial charge in [0.25, 0.3) is 0 Å². The Balaban J connectivity index is 2.19. The van der Waals surface area contributed by atoms with Crippen LogP contribution in [0.3, 0.4) is 0 Å². The van der Waals surface area contributed by atoms with Crippen LogP contribution in [-0.2, 0) is 4.74 Å². The summed E-state index contributed by atoms with van der Waals surface area (Å²) in [6.45, 7) is 1.27. The zero-order valence-corrected chi connectivity index (χ0v) is 8.59. The van der Waals surface area contributed by atoms with E-state index in [4.69, 9.17) is 9.47 Å². The summed E-state index contributed by atoms with van der Waals surface area (Å²) in [4.78, 5) is 8.11. The van der Waals surface area contributed by atoms with Gasteiger partial charge in [-0.25, -0.2) is 4.98 Å². The average Bonchev–Trinajstić information content (AvgIpc) is 2.81. The molecule has 2 rings (SSSR count). The lowest BCUT2D eigenvalue weighted by Gasteiger charge is -2.16. The van der Waals surface area contributed by atoms with Crippen molar-refractivity contribution in [2.24, 2.45) is 5.92 Å². The van der Waals surface area contributed by atoms with Gasteiger partial charge in [-0.3, -0.25) is 4.98 Å². The topological polar surface area (TPSA) is 64.5 Å². The van der Waals surface area contributed by atoms with Gasteiger partial charge in [0, 0.05) is 24.9 Å². The van der Waals surface area contributed by atoms with Gasteiger partial charge in [0.1, 0.15) is 11.8 Å². The van der Waals surface area contributed by atoms with Crippen molar-refractivity contribution < 1.29 is 14.6 Å². The molecule has 0 amide bonds. The molecule has 1 aromatic heterocycles. The van der Waals surface area contributed by atoms with E-state index in [-0.39, 0.29) is 5.92 Å². The number of aliphatic hydroxyl groups is 1. The van der Waals surface area contributed by atoms with Gasteiger partial charge < -0.3 is 14.6 Å². The molecule has 5 nitrogen and oxygen atoms in total. The lowest BCUT2D eigenvalue weighted by atomic mass is 9.99. The van der Waals surface area contributed by atoms with E-state index < -0.39 is 6.10 Å². The van der Waals surface area contributed by atoms with Crippen molar-refractivity contribution in [3.05, 3.63) is 18.1 Å². The van der Waals surface area contributed by atoms with Crippen molar-refractivity contribution >= 4 is 0 Å². The van der Waals surface area contributed by atoms with Gasteiger partial charge >= 0.3 is 0 Å². The zero-order chi connectivity index (χ0) is 10.7. The van der Waals surface area contributed by atoms with Crippen LogP contribution in [0, 0.1) is 5.92 Å². The minimum atomic E-state index is -0.656. The third-order valence-electron chi connectivity index (χ3n) is 2.58. The molecule has 2 unspecified atom stereocenters. The maximum absolute atomic E-state index is 10.1. The van der Waals surface area contributed by atoms with Crippen LogP contribution in [0.25, 0.3) is 0 Å². The first kappa shape index (κ1) is 10.3. The molecular weight excluding hydrogens is 196 g/mol. The number of aromatic nitrogens is 2. The third-order valence-corrected chi connectivity index (χ3v) is 2.58. The highest BCUT2D eigenvalue weighted by atomic mass is 16.5. The van der Waals surface area contributed by atoms with E-state index in [0.29, 0.717) is 24.8 Å². The molecule has 5 heteroatoms. The largest absolute Gasteiger partial charge is 0.480 e. The summed E-state index contributed by atoms with van der Waals surface area (Å²) in [5.41, 5.74) is 0.496. The molecule has 1 aromatic rings. The summed E-state index contributed by atoms with van der Waals surface area (Å²) < 4.78 is 10.3. The Bertz CT molecular complexity index is 326. The smallest absolute Gasteiger partial charge is 0.238 e. The Morgan fingerprint density at radius 3 is 3.00 bits per heavy atom. The number of ether oxygens (including phenoxy) is 2. The molecule has 1 aliphatic heterocycles. The fraction of sp³-hybridized carbons (Fsp3) is 0.600. The molecule has 0 spiro atoms. The molecule has 2 heterocycles. The standard InChI is InChI=1S/C10H14N2O3/c1-14-10-8(11-3-4-12-10)9(13)7-2-5-15-6-7/h3-4,7,9,13H,2,5-6H2,1H3. The molecular formula is C10H14N2O3. The van der Waals surface area contributed by atoms with Crippen molar-refractivity contribution in [3.8, 4) is 5.88 Å². The molecule has 1 aliphatic rings. The average molecular weight is 210 g/mol. The fourth-order valence-electron chi connectivity index (χ4n) is 1.72. The summed E-state index contributed by atoms with van der Waals surface area (Å²) in [6.07, 6.45) is 3.29. The molecule has 1 fully saturated rings. The first-order chi connectivity index (χ1) is 7.33. The van der Waals surface area contributed by atoms with Crippen molar-refractivity contribution in [1.82, 2.24) is 9.97 Å². The van der Waals surface area contributed by atoms with E-state index >= 15 is 0 Å². The van der Waals surface area contributed by atoms with Crippen LogP contribution >= 0.6 is 0 Å². The molecule has 0 bridgehead atoms. The monoisotopic (exact) mass is 210 g/mol. The Morgan fingerprint density at radius 2 is 2.33 bits per heavy atom. The van der Waals surface area contributed by atoms with Crippen molar-refractivity contribution in [2.75, 3.05) is 20.3 Å². The first-order valence-corrected chi connectivity index (χ1v) is 4.93. The number of nitrogens with zero attached hydrogens (tertiary/aromatic N) is 2. The van der Waals surface area contributed by atoms with Crippen LogP contribution in [0.4, 0.5) is 0 Å². The predicted molar refractivity (Wildman–Crippen MR) is 52.5 cm³/mol. The predicted octanol–water partition coefficient (Wildman–Crippen LogP) is 0.555. The Kier molecular flexibility index (Phi) is 3.13. The zero-order valence-electron chi connectivity index (χ0n) is 8.59. The number of hydrogen-bond donors (Lipinski definition) is 1. The normalized spacial score (nSPS) is 22.7. The minimum Gasteiger partial charge on any atom is -0.480 e. The van der Waals surface area contributed by atoms with Crippen molar-refractivity contribution in [2.45, 2.75) is 12.5 Å². The van der Waals surface area contributed by atoms with Crippen LogP contribution in [0.5, 0.6) is 5.88 Å². The highest BCUT2D eigenvalue weighted by Gasteiger charge is 2.28. The summed E-state index contributed by atoms with van der Waals surface area (Å²) in [5, 5.41) is 10.1.